The summed E-state index contributed by atoms with van der Waals surface area (Å²) in [4.78, 5) is 32.6. The summed E-state index contributed by atoms with van der Waals surface area (Å²) in [6.45, 7) is 1.46. The molecule has 2 heterocycles. The summed E-state index contributed by atoms with van der Waals surface area (Å²) in [5.41, 5.74) is 1.23. The first-order valence-corrected chi connectivity index (χ1v) is 9.32. The lowest BCUT2D eigenvalue weighted by atomic mass is 10.1. The standard InChI is InChI=1S/C22H22N4O2/c1-25(2)13-6-12-23-21(27)18-9-5-14-26-20(18)24-19-16-8-4-3-7-15(16)10-11-17(19)22(26)28/h3-5,7-11,14H,6,12-13H2,1-2H3,(H,23,27). The van der Waals surface area contributed by atoms with Crippen molar-refractivity contribution in [3.8, 4) is 0 Å². The van der Waals surface area contributed by atoms with Gasteiger partial charge >= 0.3 is 0 Å². The fourth-order valence-corrected chi connectivity index (χ4v) is 3.43. The molecule has 1 N–H and O–H groups in total. The van der Waals surface area contributed by atoms with E-state index in [1.54, 1.807) is 24.4 Å². The highest BCUT2D eigenvalue weighted by Crippen LogP contribution is 2.22. The van der Waals surface area contributed by atoms with Crippen LogP contribution in [-0.4, -0.2) is 47.4 Å². The van der Waals surface area contributed by atoms with Crippen LogP contribution in [-0.2, 0) is 0 Å². The lowest BCUT2D eigenvalue weighted by Crippen LogP contribution is -2.28. The van der Waals surface area contributed by atoms with Crippen molar-refractivity contribution in [2.75, 3.05) is 27.2 Å². The van der Waals surface area contributed by atoms with Crippen molar-refractivity contribution in [1.82, 2.24) is 19.6 Å². The van der Waals surface area contributed by atoms with E-state index in [-0.39, 0.29) is 11.5 Å². The zero-order valence-corrected chi connectivity index (χ0v) is 16.0. The van der Waals surface area contributed by atoms with E-state index in [0.717, 1.165) is 23.7 Å². The van der Waals surface area contributed by atoms with E-state index in [1.165, 1.54) is 4.40 Å². The Hall–Kier alpha value is -3.25. The van der Waals surface area contributed by atoms with E-state index in [1.807, 2.05) is 44.4 Å². The van der Waals surface area contributed by atoms with E-state index in [2.05, 4.69) is 10.2 Å². The van der Waals surface area contributed by atoms with Crippen LogP contribution < -0.4 is 10.9 Å². The van der Waals surface area contributed by atoms with E-state index in [0.29, 0.717) is 28.7 Å². The van der Waals surface area contributed by atoms with Crippen LogP contribution in [0.5, 0.6) is 0 Å². The van der Waals surface area contributed by atoms with E-state index in [9.17, 15) is 9.59 Å². The van der Waals surface area contributed by atoms with E-state index >= 15 is 0 Å². The molecular formula is C22H22N4O2. The summed E-state index contributed by atoms with van der Waals surface area (Å²) >= 11 is 0. The minimum absolute atomic E-state index is 0.173. The van der Waals surface area contributed by atoms with Crippen LogP contribution in [0.2, 0.25) is 0 Å². The Morgan fingerprint density at radius 2 is 1.89 bits per heavy atom. The van der Waals surface area contributed by atoms with Crippen LogP contribution in [0.25, 0.3) is 27.3 Å². The van der Waals surface area contributed by atoms with Gasteiger partial charge in [-0.25, -0.2) is 4.98 Å². The number of rotatable bonds is 5. The van der Waals surface area contributed by atoms with Crippen molar-refractivity contribution in [2.45, 2.75) is 6.42 Å². The van der Waals surface area contributed by atoms with Gasteiger partial charge in [0.05, 0.1) is 16.5 Å². The van der Waals surface area contributed by atoms with Crippen LogP contribution in [0.3, 0.4) is 0 Å². The average molecular weight is 374 g/mol. The number of pyridine rings is 1. The van der Waals surface area contributed by atoms with E-state index < -0.39 is 0 Å². The summed E-state index contributed by atoms with van der Waals surface area (Å²) in [6, 6.07) is 15.0. The minimum Gasteiger partial charge on any atom is -0.352 e. The van der Waals surface area contributed by atoms with Crippen LogP contribution in [0.1, 0.15) is 16.8 Å². The zero-order chi connectivity index (χ0) is 19.7. The molecule has 6 heteroatoms. The van der Waals surface area contributed by atoms with Gasteiger partial charge in [0.15, 0.2) is 5.65 Å². The maximum atomic E-state index is 13.0. The van der Waals surface area contributed by atoms with E-state index in [4.69, 9.17) is 4.98 Å². The Balaban J connectivity index is 1.83. The van der Waals surface area contributed by atoms with Gasteiger partial charge in [0.1, 0.15) is 0 Å². The lowest BCUT2D eigenvalue weighted by Gasteiger charge is -2.12. The summed E-state index contributed by atoms with van der Waals surface area (Å²) in [5.74, 6) is -0.219. The molecule has 0 saturated carbocycles. The summed E-state index contributed by atoms with van der Waals surface area (Å²) in [5, 5.41) is 5.39. The molecule has 0 atom stereocenters. The summed E-state index contributed by atoms with van der Waals surface area (Å²) in [6.07, 6.45) is 2.51. The van der Waals surface area contributed by atoms with Gasteiger partial charge in [-0.2, -0.15) is 0 Å². The number of hydrogen-bond donors (Lipinski definition) is 1. The topological polar surface area (TPSA) is 66.7 Å². The van der Waals surface area contributed by atoms with Crippen LogP contribution in [0.4, 0.5) is 0 Å². The molecule has 0 aliphatic carbocycles. The SMILES string of the molecule is CN(C)CCCNC(=O)c1cccn2c(=O)c3ccc4ccccc4c3nc12. The molecule has 4 aromatic rings. The highest BCUT2D eigenvalue weighted by Gasteiger charge is 2.15. The third kappa shape index (κ3) is 3.23. The predicted octanol–water partition coefficient (Wildman–Crippen LogP) is 2.68. The monoisotopic (exact) mass is 374 g/mol. The van der Waals surface area contributed by atoms with Crippen LogP contribution >= 0.6 is 0 Å². The predicted molar refractivity (Wildman–Crippen MR) is 112 cm³/mol. The number of aromatic nitrogens is 2. The fourth-order valence-electron chi connectivity index (χ4n) is 3.43. The van der Waals surface area contributed by atoms with Gasteiger partial charge in [-0.05, 0) is 50.6 Å². The molecular weight excluding hydrogens is 352 g/mol. The molecule has 142 valence electrons. The van der Waals surface area contributed by atoms with Crippen molar-refractivity contribution in [1.29, 1.82) is 0 Å². The molecule has 0 bridgehead atoms. The number of amides is 1. The Labute approximate surface area is 162 Å². The molecule has 0 saturated heterocycles. The lowest BCUT2D eigenvalue weighted by molar-refractivity contribution is 0.0953. The fraction of sp³-hybridized carbons (Fsp3) is 0.227. The first-order chi connectivity index (χ1) is 13.6. The Morgan fingerprint density at radius 1 is 1.07 bits per heavy atom. The maximum absolute atomic E-state index is 13.0. The molecule has 4 rings (SSSR count). The zero-order valence-electron chi connectivity index (χ0n) is 16.0. The number of carbonyl (C=O) groups excluding carboxylic acids is 1. The highest BCUT2D eigenvalue weighted by molar-refractivity contribution is 6.07. The molecule has 2 aromatic carbocycles. The van der Waals surface area contributed by atoms with Gasteiger partial charge in [-0.3, -0.25) is 14.0 Å². The average Bonchev–Trinajstić information content (AvgIpc) is 2.70. The van der Waals surface area contributed by atoms with Gasteiger partial charge < -0.3 is 10.2 Å². The van der Waals surface area contributed by atoms with Gasteiger partial charge in [0.25, 0.3) is 11.5 Å². The second-order valence-corrected chi connectivity index (χ2v) is 7.13. The van der Waals surface area contributed by atoms with Gasteiger partial charge in [0.2, 0.25) is 0 Å². The number of benzene rings is 2. The summed E-state index contributed by atoms with van der Waals surface area (Å²) in [7, 11) is 4.00. The van der Waals surface area contributed by atoms with Crippen LogP contribution in [0.15, 0.2) is 59.5 Å². The normalized spacial score (nSPS) is 11.5. The second kappa shape index (κ2) is 7.40. The van der Waals surface area contributed by atoms with Crippen molar-refractivity contribution in [2.24, 2.45) is 0 Å². The highest BCUT2D eigenvalue weighted by atomic mass is 16.1. The largest absolute Gasteiger partial charge is 0.352 e. The summed E-state index contributed by atoms with van der Waals surface area (Å²) < 4.78 is 1.45. The first kappa shape index (κ1) is 18.1. The number of carbonyl (C=O) groups is 1. The van der Waals surface area contributed by atoms with Gasteiger partial charge in [-0.1, -0.05) is 30.3 Å². The quantitative estimate of drug-likeness (QED) is 0.331. The first-order valence-electron chi connectivity index (χ1n) is 9.32. The van der Waals surface area contributed by atoms with Crippen molar-refractivity contribution >= 4 is 33.2 Å². The third-order valence-electron chi connectivity index (χ3n) is 4.85. The molecule has 0 unspecified atom stereocenters. The van der Waals surface area contributed by atoms with Gasteiger partial charge in [-0.15, -0.1) is 0 Å². The second-order valence-electron chi connectivity index (χ2n) is 7.13. The van der Waals surface area contributed by atoms with Gasteiger partial charge in [0, 0.05) is 18.1 Å². The molecule has 0 spiro atoms. The third-order valence-corrected chi connectivity index (χ3v) is 4.85. The Bertz CT molecular complexity index is 1240. The number of nitrogens with zero attached hydrogens (tertiary/aromatic N) is 3. The molecule has 0 fully saturated rings. The van der Waals surface area contributed by atoms with Crippen LogP contribution in [0, 0.1) is 0 Å². The number of hydrogen-bond acceptors (Lipinski definition) is 4. The number of fused-ring (bicyclic) bond motifs is 4. The molecule has 2 aromatic heterocycles. The molecule has 28 heavy (non-hydrogen) atoms. The maximum Gasteiger partial charge on any atom is 0.265 e. The molecule has 6 nitrogen and oxygen atoms in total. The number of nitrogens with one attached hydrogen (secondary N) is 1. The van der Waals surface area contributed by atoms with Crippen molar-refractivity contribution < 1.29 is 4.79 Å². The van der Waals surface area contributed by atoms with Crippen molar-refractivity contribution in [3.63, 3.8) is 0 Å². The smallest absolute Gasteiger partial charge is 0.265 e. The molecule has 0 aliphatic rings. The molecule has 1 amide bonds. The minimum atomic E-state index is -0.219. The van der Waals surface area contributed by atoms with Crippen molar-refractivity contribution in [3.05, 3.63) is 70.6 Å². The Kier molecular flexibility index (Phi) is 4.79. The molecule has 0 radical (unpaired) electrons. The Morgan fingerprint density at radius 3 is 2.71 bits per heavy atom. The molecule has 0 aliphatic heterocycles.